The van der Waals surface area contributed by atoms with Crippen molar-refractivity contribution in [2.24, 2.45) is 0 Å². The molecule has 0 bridgehead atoms. The summed E-state index contributed by atoms with van der Waals surface area (Å²) < 4.78 is 0. The molecule has 61 valence electrons. The molecule has 0 N–H and O–H groups in total. The van der Waals surface area contributed by atoms with E-state index in [-0.39, 0.29) is 0 Å². The maximum absolute atomic E-state index is 3.18. The van der Waals surface area contributed by atoms with E-state index in [2.05, 4.69) is 24.3 Å². The predicted octanol–water partition coefficient (Wildman–Crippen LogP) is 3.65. The van der Waals surface area contributed by atoms with Crippen molar-refractivity contribution in [1.82, 2.24) is 0 Å². The van der Waals surface area contributed by atoms with Crippen LogP contribution < -0.4 is 0 Å². The van der Waals surface area contributed by atoms with Gasteiger partial charge in [0.25, 0.3) is 0 Å². The van der Waals surface area contributed by atoms with Gasteiger partial charge < -0.3 is 0 Å². The van der Waals surface area contributed by atoms with E-state index in [9.17, 15) is 0 Å². The highest BCUT2D eigenvalue weighted by Gasteiger charge is 1.89. The number of allylic oxidation sites excluding steroid dienone is 4. The van der Waals surface area contributed by atoms with E-state index in [1.165, 1.54) is 44.9 Å². The van der Waals surface area contributed by atoms with Gasteiger partial charge in [0.2, 0.25) is 0 Å². The number of hydrogen-bond acceptors (Lipinski definition) is 0. The van der Waals surface area contributed by atoms with Crippen LogP contribution in [0.5, 0.6) is 0 Å². The minimum absolute atomic E-state index is 1.21. The summed E-state index contributed by atoms with van der Waals surface area (Å²) in [5, 5.41) is 0. The van der Waals surface area contributed by atoms with Gasteiger partial charge in [0.15, 0.2) is 0 Å². The zero-order valence-corrected chi connectivity index (χ0v) is 7.18. The van der Waals surface area contributed by atoms with Crippen LogP contribution in [0.25, 0.3) is 0 Å². The molecule has 0 saturated carbocycles. The maximum Gasteiger partial charge on any atom is -0.0230 e. The SMILES string of the molecule is [C]1=C\CCCCCCC\C=C/1. The van der Waals surface area contributed by atoms with E-state index in [0.29, 0.717) is 0 Å². The highest BCUT2D eigenvalue weighted by Crippen LogP contribution is 2.08. The first-order valence-corrected chi connectivity index (χ1v) is 4.73. The second-order valence-electron chi connectivity index (χ2n) is 3.12. The highest BCUT2D eigenvalue weighted by atomic mass is 14.0. The minimum atomic E-state index is 1.21. The topological polar surface area (TPSA) is 0 Å². The molecule has 0 aliphatic heterocycles. The van der Waals surface area contributed by atoms with Crippen LogP contribution in [-0.4, -0.2) is 0 Å². The van der Waals surface area contributed by atoms with Crippen LogP contribution in [0.4, 0.5) is 0 Å². The Morgan fingerprint density at radius 3 is 2.45 bits per heavy atom. The molecule has 0 aromatic carbocycles. The summed E-state index contributed by atoms with van der Waals surface area (Å²) in [5.74, 6) is 0. The third kappa shape index (κ3) is 4.83. The van der Waals surface area contributed by atoms with Crippen molar-refractivity contribution in [3.63, 3.8) is 0 Å². The van der Waals surface area contributed by atoms with Crippen molar-refractivity contribution in [2.45, 2.75) is 44.9 Å². The molecule has 1 aliphatic carbocycles. The normalized spacial score (nSPS) is 26.9. The maximum atomic E-state index is 3.18. The molecule has 1 radical (unpaired) electrons. The van der Waals surface area contributed by atoms with Gasteiger partial charge >= 0.3 is 0 Å². The summed E-state index contributed by atoms with van der Waals surface area (Å²) in [6, 6.07) is 0. The Morgan fingerprint density at radius 1 is 0.818 bits per heavy atom. The van der Waals surface area contributed by atoms with E-state index in [0.717, 1.165) is 0 Å². The van der Waals surface area contributed by atoms with Crippen LogP contribution in [0.15, 0.2) is 18.2 Å². The quantitative estimate of drug-likeness (QED) is 0.493. The van der Waals surface area contributed by atoms with Crippen molar-refractivity contribution in [3.8, 4) is 0 Å². The fraction of sp³-hybridized carbons (Fsp3) is 0.636. The summed E-state index contributed by atoms with van der Waals surface area (Å²) in [6.07, 6.45) is 19.0. The molecule has 0 heteroatoms. The fourth-order valence-electron chi connectivity index (χ4n) is 1.34. The zero-order valence-electron chi connectivity index (χ0n) is 7.18. The first-order chi connectivity index (χ1) is 5.50. The van der Waals surface area contributed by atoms with Crippen molar-refractivity contribution in [2.75, 3.05) is 0 Å². The van der Waals surface area contributed by atoms with Gasteiger partial charge in [-0.25, -0.2) is 0 Å². The summed E-state index contributed by atoms with van der Waals surface area (Å²) in [7, 11) is 0. The lowest BCUT2D eigenvalue weighted by molar-refractivity contribution is 0.623. The standard InChI is InChI=1S/C11H17/c1-2-4-6-8-10-11-9-7-5-3-1/h1-2,6H,3,5,7-11H2/b2-1-,6-4?. The monoisotopic (exact) mass is 149 g/mol. The highest BCUT2D eigenvalue weighted by molar-refractivity contribution is 4.95. The van der Waals surface area contributed by atoms with Gasteiger partial charge in [-0.2, -0.15) is 0 Å². The molecule has 1 rings (SSSR count). The molecule has 11 heavy (non-hydrogen) atoms. The molecule has 0 spiro atoms. The van der Waals surface area contributed by atoms with Gasteiger partial charge in [0, 0.05) is 0 Å². The van der Waals surface area contributed by atoms with Crippen LogP contribution in [0.3, 0.4) is 0 Å². The molecule has 0 nitrogen and oxygen atoms in total. The first-order valence-electron chi connectivity index (χ1n) is 4.73. The second kappa shape index (κ2) is 6.21. The van der Waals surface area contributed by atoms with Crippen molar-refractivity contribution < 1.29 is 0 Å². The van der Waals surface area contributed by atoms with Gasteiger partial charge in [-0.05, 0) is 31.8 Å². The molecule has 0 saturated heterocycles. The summed E-state index contributed by atoms with van der Waals surface area (Å²) >= 11 is 0. The van der Waals surface area contributed by atoms with Gasteiger partial charge in [0.05, 0.1) is 0 Å². The van der Waals surface area contributed by atoms with Gasteiger partial charge in [-0.15, -0.1) is 0 Å². The van der Waals surface area contributed by atoms with Crippen molar-refractivity contribution >= 4 is 0 Å². The van der Waals surface area contributed by atoms with E-state index in [1.54, 1.807) is 0 Å². The van der Waals surface area contributed by atoms with E-state index >= 15 is 0 Å². The Bertz CT molecular complexity index is 115. The predicted molar refractivity (Wildman–Crippen MR) is 49.3 cm³/mol. The molecule has 0 unspecified atom stereocenters. The molecule has 0 aromatic heterocycles. The Balaban J connectivity index is 2.22. The Kier molecular flexibility index (Phi) is 4.84. The molecule has 0 fully saturated rings. The van der Waals surface area contributed by atoms with Crippen LogP contribution in [0.2, 0.25) is 0 Å². The van der Waals surface area contributed by atoms with Crippen LogP contribution in [-0.2, 0) is 0 Å². The van der Waals surface area contributed by atoms with Crippen LogP contribution in [0.1, 0.15) is 44.9 Å². The third-order valence-corrected chi connectivity index (χ3v) is 2.05. The summed E-state index contributed by atoms with van der Waals surface area (Å²) in [5.41, 5.74) is 0. The van der Waals surface area contributed by atoms with Gasteiger partial charge in [-0.3, -0.25) is 0 Å². The number of hydrogen-bond donors (Lipinski definition) is 0. The largest absolute Gasteiger partial charge is 0.0839 e. The molecule has 1 aliphatic rings. The molecule has 0 atom stereocenters. The molecular weight excluding hydrogens is 132 g/mol. The minimum Gasteiger partial charge on any atom is -0.0839 e. The van der Waals surface area contributed by atoms with E-state index < -0.39 is 0 Å². The Hall–Kier alpha value is -0.520. The third-order valence-electron chi connectivity index (χ3n) is 2.05. The van der Waals surface area contributed by atoms with E-state index in [1.807, 2.05) is 0 Å². The molecule has 0 aromatic rings. The second-order valence-corrected chi connectivity index (χ2v) is 3.12. The number of rotatable bonds is 0. The van der Waals surface area contributed by atoms with Crippen LogP contribution in [0, 0.1) is 6.08 Å². The first kappa shape index (κ1) is 8.58. The zero-order chi connectivity index (χ0) is 7.78. The summed E-state index contributed by atoms with van der Waals surface area (Å²) in [4.78, 5) is 0. The lowest BCUT2D eigenvalue weighted by Gasteiger charge is -1.96. The smallest absolute Gasteiger partial charge is 0.0230 e. The van der Waals surface area contributed by atoms with Crippen molar-refractivity contribution in [3.05, 3.63) is 24.3 Å². The van der Waals surface area contributed by atoms with Gasteiger partial charge in [0.1, 0.15) is 0 Å². The van der Waals surface area contributed by atoms with E-state index in [4.69, 9.17) is 0 Å². The Morgan fingerprint density at radius 2 is 1.55 bits per heavy atom. The Labute approximate surface area is 70.0 Å². The fourth-order valence-corrected chi connectivity index (χ4v) is 1.34. The lowest BCUT2D eigenvalue weighted by atomic mass is 10.1. The summed E-state index contributed by atoms with van der Waals surface area (Å²) in [6.45, 7) is 0. The van der Waals surface area contributed by atoms with Gasteiger partial charge in [-0.1, -0.05) is 37.5 Å². The average molecular weight is 149 g/mol. The lowest BCUT2D eigenvalue weighted by Crippen LogP contribution is -1.76. The molecule has 0 heterocycles. The molecular formula is C11H17. The average Bonchev–Trinajstić information content (AvgIpc) is 2.08. The van der Waals surface area contributed by atoms with Crippen LogP contribution >= 0.6 is 0 Å². The van der Waals surface area contributed by atoms with Crippen molar-refractivity contribution in [1.29, 1.82) is 0 Å². The molecule has 0 amide bonds.